The summed E-state index contributed by atoms with van der Waals surface area (Å²) >= 11 is 0. The third kappa shape index (κ3) is 8.65. The maximum absolute atomic E-state index is 13.1. The maximum Gasteiger partial charge on any atom is 0.416 e. The Hall–Kier alpha value is -3.79. The van der Waals surface area contributed by atoms with Crippen molar-refractivity contribution in [3.05, 3.63) is 77.6 Å². The lowest BCUT2D eigenvalue weighted by molar-refractivity contribution is -0.138. The summed E-state index contributed by atoms with van der Waals surface area (Å²) in [5.41, 5.74) is 0.825. The van der Waals surface area contributed by atoms with E-state index in [0.29, 0.717) is 23.4 Å². The average molecular weight is 530 g/mol. The van der Waals surface area contributed by atoms with E-state index in [4.69, 9.17) is 4.74 Å². The Kier molecular flexibility index (Phi) is 9.95. The first kappa shape index (κ1) is 28.8. The number of allylic oxidation sites excluding steroid dienone is 2. The molecule has 38 heavy (non-hydrogen) atoms. The number of carbonyl (C=O) groups excluding carboxylic acids is 1. The predicted octanol–water partition coefficient (Wildman–Crippen LogP) is 6.56. The quantitative estimate of drug-likeness (QED) is 0.281. The summed E-state index contributed by atoms with van der Waals surface area (Å²) in [6, 6.07) is 10.0. The Labute approximate surface area is 221 Å². The number of alkyl halides is 3. The molecule has 0 aliphatic carbocycles. The first-order valence-corrected chi connectivity index (χ1v) is 12.5. The number of urea groups is 1. The van der Waals surface area contributed by atoms with E-state index >= 15 is 0 Å². The normalized spacial score (nSPS) is 17.0. The highest BCUT2D eigenvalue weighted by molar-refractivity contribution is 6.00. The fourth-order valence-corrected chi connectivity index (χ4v) is 3.87. The molecule has 0 aromatic heterocycles. The van der Waals surface area contributed by atoms with Crippen molar-refractivity contribution < 1.29 is 22.7 Å². The van der Waals surface area contributed by atoms with Crippen molar-refractivity contribution in [2.45, 2.75) is 46.3 Å². The Morgan fingerprint density at radius 3 is 2.53 bits per heavy atom. The third-order valence-corrected chi connectivity index (χ3v) is 5.88. The zero-order valence-corrected chi connectivity index (χ0v) is 22.0. The van der Waals surface area contributed by atoms with Crippen molar-refractivity contribution in [3.8, 4) is 5.75 Å². The number of benzene rings is 2. The van der Waals surface area contributed by atoms with Crippen LogP contribution < -0.4 is 20.7 Å². The van der Waals surface area contributed by atoms with Crippen LogP contribution in [0.4, 0.5) is 29.3 Å². The Bertz CT molecular complexity index is 1190. The highest BCUT2D eigenvalue weighted by atomic mass is 19.4. The van der Waals surface area contributed by atoms with Crippen molar-refractivity contribution >= 4 is 23.3 Å². The van der Waals surface area contributed by atoms with Crippen molar-refractivity contribution in [1.82, 2.24) is 10.2 Å². The molecule has 1 aliphatic heterocycles. The number of halogens is 3. The molecule has 0 saturated carbocycles. The van der Waals surface area contributed by atoms with Gasteiger partial charge in [0.05, 0.1) is 5.56 Å². The van der Waals surface area contributed by atoms with Gasteiger partial charge in [-0.05, 0) is 69.2 Å². The molecule has 0 spiro atoms. The lowest BCUT2D eigenvalue weighted by Gasteiger charge is -2.34. The van der Waals surface area contributed by atoms with Crippen LogP contribution in [0.1, 0.15) is 38.3 Å². The minimum Gasteiger partial charge on any atom is -0.439 e. The molecule has 2 aromatic rings. The largest absolute Gasteiger partial charge is 0.439 e. The van der Waals surface area contributed by atoms with Crippen molar-refractivity contribution in [1.29, 1.82) is 0 Å². The van der Waals surface area contributed by atoms with Gasteiger partial charge in [-0.15, -0.1) is 0 Å². The number of anilines is 2. The maximum atomic E-state index is 13.1. The number of aryl methyl sites for hydroxylation is 1. The van der Waals surface area contributed by atoms with Gasteiger partial charge in [0.1, 0.15) is 5.75 Å². The molecule has 1 saturated heterocycles. The van der Waals surface area contributed by atoms with Crippen LogP contribution in [0.3, 0.4) is 0 Å². The molecule has 3 rings (SSSR count). The Morgan fingerprint density at radius 1 is 1.18 bits per heavy atom. The summed E-state index contributed by atoms with van der Waals surface area (Å²) in [5, 5.41) is 8.47. The molecule has 1 heterocycles. The van der Waals surface area contributed by atoms with Crippen LogP contribution >= 0.6 is 0 Å². The first-order chi connectivity index (χ1) is 18.0. The fourth-order valence-electron chi connectivity index (χ4n) is 3.87. The third-order valence-electron chi connectivity index (χ3n) is 5.88. The van der Waals surface area contributed by atoms with E-state index in [1.807, 2.05) is 26.0 Å². The summed E-state index contributed by atoms with van der Waals surface area (Å²) in [6.07, 6.45) is 1.87. The summed E-state index contributed by atoms with van der Waals surface area (Å²) in [7, 11) is 0. The van der Waals surface area contributed by atoms with E-state index in [2.05, 4.69) is 32.8 Å². The van der Waals surface area contributed by atoms with E-state index in [-0.39, 0.29) is 11.3 Å². The van der Waals surface area contributed by atoms with Crippen molar-refractivity contribution in [3.63, 3.8) is 0 Å². The SMILES string of the molecule is CC/C=C/N=C(\C=C(/C)N1CCN[C@H](C)C1)Oc1ccc(NC(=O)Nc2ccc(C)c(C(F)(F)F)c2)cc1. The molecule has 3 N–H and O–H groups in total. The van der Waals surface area contributed by atoms with Gasteiger partial charge in [-0.25, -0.2) is 9.79 Å². The highest BCUT2D eigenvalue weighted by Crippen LogP contribution is 2.33. The monoisotopic (exact) mass is 529 g/mol. The molecule has 7 nitrogen and oxygen atoms in total. The minimum absolute atomic E-state index is 0.0439. The second kappa shape index (κ2) is 13.1. The number of nitrogens with zero attached hydrogens (tertiary/aromatic N) is 2. The molecule has 2 aromatic carbocycles. The summed E-state index contributed by atoms with van der Waals surface area (Å²) in [4.78, 5) is 19.1. The molecule has 0 unspecified atom stereocenters. The zero-order valence-electron chi connectivity index (χ0n) is 22.0. The smallest absolute Gasteiger partial charge is 0.416 e. The van der Waals surface area contributed by atoms with Crippen LogP contribution in [-0.2, 0) is 6.18 Å². The van der Waals surface area contributed by atoms with Crippen molar-refractivity contribution in [2.24, 2.45) is 4.99 Å². The number of piperazine rings is 1. The van der Waals surface area contributed by atoms with Gasteiger partial charge in [0.15, 0.2) is 0 Å². The number of aliphatic imine (C=N–C) groups is 1. The van der Waals surface area contributed by atoms with Gasteiger partial charge in [-0.3, -0.25) is 0 Å². The summed E-state index contributed by atoms with van der Waals surface area (Å²) < 4.78 is 45.4. The topological polar surface area (TPSA) is 78.0 Å². The number of carbonyl (C=O) groups is 1. The Balaban J connectivity index is 1.66. The lowest BCUT2D eigenvalue weighted by Crippen LogP contribution is -2.48. The van der Waals surface area contributed by atoms with Crippen LogP contribution in [-0.4, -0.2) is 42.5 Å². The van der Waals surface area contributed by atoms with E-state index in [9.17, 15) is 18.0 Å². The van der Waals surface area contributed by atoms with Crippen LogP contribution in [0.2, 0.25) is 0 Å². The van der Waals surface area contributed by atoms with Crippen LogP contribution in [0.25, 0.3) is 0 Å². The van der Waals surface area contributed by atoms with E-state index in [1.165, 1.54) is 19.1 Å². The van der Waals surface area contributed by atoms with Gasteiger partial charge in [-0.2, -0.15) is 13.2 Å². The summed E-state index contributed by atoms with van der Waals surface area (Å²) in [6.45, 7) is 10.3. The Morgan fingerprint density at radius 2 is 1.87 bits per heavy atom. The van der Waals surface area contributed by atoms with Crippen LogP contribution in [0, 0.1) is 6.92 Å². The van der Waals surface area contributed by atoms with Gasteiger partial charge >= 0.3 is 12.2 Å². The van der Waals surface area contributed by atoms with Crippen LogP contribution in [0.15, 0.2) is 71.5 Å². The predicted molar refractivity (Wildman–Crippen MR) is 146 cm³/mol. The number of amides is 2. The van der Waals surface area contributed by atoms with E-state index in [0.717, 1.165) is 37.8 Å². The highest BCUT2D eigenvalue weighted by Gasteiger charge is 2.32. The second-order valence-electron chi connectivity index (χ2n) is 9.08. The minimum atomic E-state index is -4.50. The number of hydrogen-bond donors (Lipinski definition) is 3. The van der Waals surface area contributed by atoms with E-state index < -0.39 is 17.8 Å². The molecule has 1 aliphatic rings. The lowest BCUT2D eigenvalue weighted by atomic mass is 10.1. The molecular formula is C28H34F3N5O2. The number of ether oxygens (including phenoxy) is 1. The average Bonchev–Trinajstić information content (AvgIpc) is 2.85. The molecular weight excluding hydrogens is 495 g/mol. The zero-order chi connectivity index (χ0) is 27.7. The molecule has 10 heteroatoms. The molecule has 1 atom stereocenters. The van der Waals surface area contributed by atoms with Gasteiger partial charge in [0.2, 0.25) is 5.90 Å². The summed E-state index contributed by atoms with van der Waals surface area (Å²) in [5.74, 6) is 0.947. The first-order valence-electron chi connectivity index (χ1n) is 12.5. The molecule has 2 amide bonds. The van der Waals surface area contributed by atoms with Gasteiger partial charge in [-0.1, -0.05) is 19.1 Å². The van der Waals surface area contributed by atoms with E-state index in [1.54, 1.807) is 30.5 Å². The van der Waals surface area contributed by atoms with Crippen molar-refractivity contribution in [2.75, 3.05) is 30.3 Å². The number of hydrogen-bond acceptors (Lipinski definition) is 5. The van der Waals surface area contributed by atoms with Crippen LogP contribution in [0.5, 0.6) is 5.75 Å². The second-order valence-corrected chi connectivity index (χ2v) is 9.08. The molecule has 1 fully saturated rings. The van der Waals surface area contributed by atoms with Gasteiger partial charge in [0, 0.05) is 55.0 Å². The molecule has 0 radical (unpaired) electrons. The standard InChI is InChI=1S/C28H34F3N5O2/c1-5-6-13-33-26(16-21(4)36-15-14-32-20(3)18-36)38-24-11-9-22(10-12-24)34-27(37)35-23-8-7-19(2)25(17-23)28(29,30)31/h6-13,16-17,20,32H,5,14-15,18H2,1-4H3,(H2,34,35,37)/b13-6+,21-16+,33-26+/t20-/m1/s1. The molecule has 0 bridgehead atoms. The van der Waals surface area contributed by atoms with Gasteiger partial charge in [0.25, 0.3) is 0 Å². The number of rotatable bonds is 7. The number of nitrogens with one attached hydrogen (secondary N) is 3. The van der Waals surface area contributed by atoms with Gasteiger partial charge < -0.3 is 25.6 Å². The molecule has 204 valence electrons. The fraction of sp³-hybridized carbons (Fsp3) is 0.357.